The summed E-state index contributed by atoms with van der Waals surface area (Å²) in [4.78, 5) is 2.18. The lowest BCUT2D eigenvalue weighted by molar-refractivity contribution is 0.0796. The Morgan fingerprint density at radius 3 is 2.78 bits per heavy atom. The van der Waals surface area contributed by atoms with E-state index in [1.54, 1.807) is 12.1 Å². The summed E-state index contributed by atoms with van der Waals surface area (Å²) < 4.78 is 18.4. The normalized spacial score (nSPS) is 21.4. The van der Waals surface area contributed by atoms with Crippen molar-refractivity contribution in [3.8, 4) is 0 Å². The Morgan fingerprint density at radius 2 is 2.17 bits per heavy atom. The number of benzene rings is 1. The highest BCUT2D eigenvalue weighted by molar-refractivity contribution is 5.19. The van der Waals surface area contributed by atoms with Gasteiger partial charge in [-0.15, -0.1) is 0 Å². The van der Waals surface area contributed by atoms with Crippen LogP contribution in [0.1, 0.15) is 24.4 Å². The van der Waals surface area contributed by atoms with Gasteiger partial charge in [0.1, 0.15) is 5.82 Å². The first-order valence-electron chi connectivity index (χ1n) is 6.46. The molecule has 0 radical (unpaired) electrons. The number of rotatable bonds is 5. The van der Waals surface area contributed by atoms with Crippen LogP contribution in [0.2, 0.25) is 0 Å². The van der Waals surface area contributed by atoms with Crippen molar-refractivity contribution in [1.82, 2.24) is 4.90 Å². The standard InChI is InChI=1S/C14H21FN2O/c1-17(9-13-3-2-8-18-13)10-14(16)11-4-6-12(15)7-5-11/h4-7,13-14H,2-3,8-10,16H2,1H3. The number of hydrogen-bond acceptors (Lipinski definition) is 3. The van der Waals surface area contributed by atoms with E-state index in [1.165, 1.54) is 12.1 Å². The first kappa shape index (κ1) is 13.5. The minimum absolute atomic E-state index is 0.0861. The number of nitrogens with two attached hydrogens (primary N) is 1. The van der Waals surface area contributed by atoms with Gasteiger partial charge in [0, 0.05) is 25.7 Å². The van der Waals surface area contributed by atoms with Gasteiger partial charge < -0.3 is 15.4 Å². The zero-order chi connectivity index (χ0) is 13.0. The van der Waals surface area contributed by atoms with Gasteiger partial charge in [0.2, 0.25) is 0 Å². The summed E-state index contributed by atoms with van der Waals surface area (Å²) in [6.45, 7) is 2.54. The maximum atomic E-state index is 12.8. The van der Waals surface area contributed by atoms with Crippen LogP contribution in [-0.2, 0) is 4.74 Å². The largest absolute Gasteiger partial charge is 0.377 e. The molecule has 0 bridgehead atoms. The molecule has 2 atom stereocenters. The molecule has 0 saturated carbocycles. The van der Waals surface area contributed by atoms with Crippen molar-refractivity contribution >= 4 is 0 Å². The maximum Gasteiger partial charge on any atom is 0.123 e. The number of likely N-dealkylation sites (N-methyl/N-ethyl adjacent to an activating group) is 1. The first-order chi connectivity index (χ1) is 8.65. The second-order valence-corrected chi connectivity index (χ2v) is 5.01. The maximum absolute atomic E-state index is 12.8. The predicted octanol–water partition coefficient (Wildman–Crippen LogP) is 1.94. The van der Waals surface area contributed by atoms with Crippen LogP contribution in [0.5, 0.6) is 0 Å². The van der Waals surface area contributed by atoms with Gasteiger partial charge in [-0.25, -0.2) is 4.39 Å². The number of nitrogens with zero attached hydrogens (tertiary/aromatic N) is 1. The summed E-state index contributed by atoms with van der Waals surface area (Å²) in [7, 11) is 2.05. The van der Waals surface area contributed by atoms with Gasteiger partial charge in [-0.2, -0.15) is 0 Å². The highest BCUT2D eigenvalue weighted by atomic mass is 19.1. The summed E-state index contributed by atoms with van der Waals surface area (Å²) in [5.41, 5.74) is 7.08. The van der Waals surface area contributed by atoms with Crippen LogP contribution in [0, 0.1) is 5.82 Å². The third kappa shape index (κ3) is 3.77. The van der Waals surface area contributed by atoms with Crippen LogP contribution in [0.3, 0.4) is 0 Å². The van der Waals surface area contributed by atoms with Crippen molar-refractivity contribution in [2.75, 3.05) is 26.7 Å². The van der Waals surface area contributed by atoms with E-state index in [0.717, 1.165) is 38.1 Å². The van der Waals surface area contributed by atoms with Crippen LogP contribution < -0.4 is 5.73 Å². The van der Waals surface area contributed by atoms with Gasteiger partial charge >= 0.3 is 0 Å². The Morgan fingerprint density at radius 1 is 1.44 bits per heavy atom. The van der Waals surface area contributed by atoms with Gasteiger partial charge in [-0.1, -0.05) is 12.1 Å². The van der Waals surface area contributed by atoms with Crippen LogP contribution in [0.15, 0.2) is 24.3 Å². The Labute approximate surface area is 108 Å². The zero-order valence-corrected chi connectivity index (χ0v) is 10.8. The molecule has 0 amide bonds. The molecule has 4 heteroatoms. The van der Waals surface area contributed by atoms with E-state index < -0.39 is 0 Å². The molecule has 1 heterocycles. The molecule has 1 aliphatic heterocycles. The molecule has 1 aromatic rings. The SMILES string of the molecule is CN(CC1CCCO1)CC(N)c1ccc(F)cc1. The van der Waals surface area contributed by atoms with E-state index in [4.69, 9.17) is 10.5 Å². The molecule has 2 unspecified atom stereocenters. The topological polar surface area (TPSA) is 38.5 Å². The fraction of sp³-hybridized carbons (Fsp3) is 0.571. The van der Waals surface area contributed by atoms with Crippen molar-refractivity contribution in [2.45, 2.75) is 25.0 Å². The molecule has 1 saturated heterocycles. The minimum atomic E-state index is -0.223. The second-order valence-electron chi connectivity index (χ2n) is 5.01. The Hall–Kier alpha value is -0.970. The summed E-state index contributed by atoms with van der Waals surface area (Å²) in [5.74, 6) is -0.223. The van der Waals surface area contributed by atoms with Crippen LogP contribution in [-0.4, -0.2) is 37.7 Å². The van der Waals surface area contributed by atoms with E-state index in [1.807, 2.05) is 7.05 Å². The van der Waals surface area contributed by atoms with Gasteiger partial charge in [0.15, 0.2) is 0 Å². The fourth-order valence-corrected chi connectivity index (χ4v) is 2.36. The second kappa shape index (κ2) is 6.27. The molecule has 1 aliphatic rings. The Balaban J connectivity index is 1.82. The minimum Gasteiger partial charge on any atom is -0.377 e. The van der Waals surface area contributed by atoms with E-state index in [2.05, 4.69) is 4.90 Å². The molecule has 1 aromatic carbocycles. The molecule has 0 spiro atoms. The number of halogens is 1. The van der Waals surface area contributed by atoms with E-state index in [0.29, 0.717) is 6.10 Å². The molecule has 2 N–H and O–H groups in total. The highest BCUT2D eigenvalue weighted by Crippen LogP contribution is 2.15. The molecule has 18 heavy (non-hydrogen) atoms. The molecule has 2 rings (SSSR count). The molecule has 0 aromatic heterocycles. The van der Waals surface area contributed by atoms with Crippen molar-refractivity contribution in [3.05, 3.63) is 35.6 Å². The Bertz CT molecular complexity index is 363. The third-order valence-electron chi connectivity index (χ3n) is 3.35. The van der Waals surface area contributed by atoms with Gasteiger partial charge in [0.05, 0.1) is 6.10 Å². The first-order valence-corrected chi connectivity index (χ1v) is 6.46. The van der Waals surface area contributed by atoms with Crippen LogP contribution >= 0.6 is 0 Å². The van der Waals surface area contributed by atoms with Gasteiger partial charge in [0.25, 0.3) is 0 Å². The summed E-state index contributed by atoms with van der Waals surface area (Å²) in [6.07, 6.45) is 2.63. The molecule has 1 fully saturated rings. The molecular weight excluding hydrogens is 231 g/mol. The van der Waals surface area contributed by atoms with Gasteiger partial charge in [-0.05, 0) is 37.6 Å². The molecule has 3 nitrogen and oxygen atoms in total. The van der Waals surface area contributed by atoms with E-state index in [9.17, 15) is 4.39 Å². The smallest absolute Gasteiger partial charge is 0.123 e. The molecular formula is C14H21FN2O. The van der Waals surface area contributed by atoms with Crippen LogP contribution in [0.4, 0.5) is 4.39 Å². The average Bonchev–Trinajstić information content (AvgIpc) is 2.82. The van der Waals surface area contributed by atoms with Crippen molar-refractivity contribution in [2.24, 2.45) is 5.73 Å². The lowest BCUT2D eigenvalue weighted by atomic mass is 10.1. The lowest BCUT2D eigenvalue weighted by Crippen LogP contribution is -2.34. The predicted molar refractivity (Wildman–Crippen MR) is 69.8 cm³/mol. The summed E-state index contributed by atoms with van der Waals surface area (Å²) in [6, 6.07) is 6.32. The van der Waals surface area contributed by atoms with Crippen molar-refractivity contribution in [3.63, 3.8) is 0 Å². The van der Waals surface area contributed by atoms with Gasteiger partial charge in [-0.3, -0.25) is 0 Å². The monoisotopic (exact) mass is 252 g/mol. The Kier molecular flexibility index (Phi) is 4.69. The average molecular weight is 252 g/mol. The highest BCUT2D eigenvalue weighted by Gasteiger charge is 2.18. The van der Waals surface area contributed by atoms with Crippen molar-refractivity contribution < 1.29 is 9.13 Å². The third-order valence-corrected chi connectivity index (χ3v) is 3.35. The number of ether oxygens (including phenoxy) is 1. The number of hydrogen-bond donors (Lipinski definition) is 1. The fourth-order valence-electron chi connectivity index (χ4n) is 2.36. The zero-order valence-electron chi connectivity index (χ0n) is 10.8. The quantitative estimate of drug-likeness (QED) is 0.870. The summed E-state index contributed by atoms with van der Waals surface area (Å²) in [5, 5.41) is 0. The van der Waals surface area contributed by atoms with E-state index in [-0.39, 0.29) is 11.9 Å². The van der Waals surface area contributed by atoms with E-state index >= 15 is 0 Å². The van der Waals surface area contributed by atoms with Crippen LogP contribution in [0.25, 0.3) is 0 Å². The lowest BCUT2D eigenvalue weighted by Gasteiger charge is -2.24. The van der Waals surface area contributed by atoms with Crippen molar-refractivity contribution in [1.29, 1.82) is 0 Å². The summed E-state index contributed by atoms with van der Waals surface area (Å²) >= 11 is 0. The molecule has 0 aliphatic carbocycles. The molecule has 100 valence electrons.